The van der Waals surface area contributed by atoms with E-state index in [9.17, 15) is 9.59 Å². The Labute approximate surface area is 173 Å². The van der Waals surface area contributed by atoms with Gasteiger partial charge < -0.3 is 0 Å². The molecule has 0 fully saturated rings. The van der Waals surface area contributed by atoms with Crippen molar-refractivity contribution in [2.24, 2.45) is 0 Å². The number of benzene rings is 3. The first-order chi connectivity index (χ1) is 13.5. The molecule has 4 heteroatoms. The van der Waals surface area contributed by atoms with Crippen LogP contribution in [0, 0.1) is 0 Å². The van der Waals surface area contributed by atoms with Crippen molar-refractivity contribution in [2.75, 3.05) is 0 Å². The van der Waals surface area contributed by atoms with Crippen molar-refractivity contribution in [3.05, 3.63) is 119 Å². The van der Waals surface area contributed by atoms with Crippen LogP contribution in [0.2, 0.25) is 0 Å². The van der Waals surface area contributed by atoms with Crippen LogP contribution in [0.5, 0.6) is 0 Å². The molecule has 3 aromatic rings. The number of hydrogen-bond donors (Lipinski definition) is 0. The Morgan fingerprint density at radius 3 is 1.14 bits per heavy atom. The first kappa shape index (κ1) is 19.8. The maximum Gasteiger partial charge on any atom is 0.187 e. The highest BCUT2D eigenvalue weighted by molar-refractivity contribution is 6.51. The normalized spacial score (nSPS) is 11.9. The number of carbonyl (C=O) groups excluding carboxylic acids is 2. The third-order valence-electron chi connectivity index (χ3n) is 4.07. The van der Waals surface area contributed by atoms with E-state index in [0.717, 1.165) is 11.1 Å². The third-order valence-corrected chi connectivity index (χ3v) is 4.72. The van der Waals surface area contributed by atoms with Crippen LogP contribution in [0.3, 0.4) is 0 Å². The van der Waals surface area contributed by atoms with Gasteiger partial charge in [0, 0.05) is 23.3 Å². The molecule has 28 heavy (non-hydrogen) atoms. The molecular formula is C24H16Cl2O2. The van der Waals surface area contributed by atoms with E-state index < -0.39 is 0 Å². The minimum atomic E-state index is -0.231. The molecule has 0 atom stereocenters. The van der Waals surface area contributed by atoms with E-state index in [2.05, 4.69) is 0 Å². The van der Waals surface area contributed by atoms with Gasteiger partial charge in [-0.1, -0.05) is 108 Å². The van der Waals surface area contributed by atoms with Crippen LogP contribution in [0.1, 0.15) is 31.8 Å². The number of ketones is 2. The van der Waals surface area contributed by atoms with Gasteiger partial charge in [-0.3, -0.25) is 9.59 Å². The minimum absolute atomic E-state index is 0.231. The van der Waals surface area contributed by atoms with Crippen molar-refractivity contribution in [3.8, 4) is 0 Å². The molecule has 0 N–H and O–H groups in total. The molecule has 0 unspecified atom stereocenters. The Morgan fingerprint density at radius 1 is 0.500 bits per heavy atom. The molecule has 3 aromatic carbocycles. The Balaban J connectivity index is 1.74. The van der Waals surface area contributed by atoms with Crippen LogP contribution in [0.15, 0.2) is 97.1 Å². The summed E-state index contributed by atoms with van der Waals surface area (Å²) in [6.45, 7) is 0. The van der Waals surface area contributed by atoms with E-state index in [1.165, 1.54) is 12.2 Å². The van der Waals surface area contributed by atoms with Crippen LogP contribution >= 0.6 is 23.2 Å². The molecule has 0 heterocycles. The molecule has 0 bridgehead atoms. The average Bonchev–Trinajstić information content (AvgIpc) is 2.75. The second-order valence-electron chi connectivity index (χ2n) is 6.02. The number of allylic oxidation sites excluding steroid dienone is 2. The van der Waals surface area contributed by atoms with E-state index in [-0.39, 0.29) is 11.6 Å². The highest BCUT2D eigenvalue weighted by atomic mass is 35.5. The lowest BCUT2D eigenvalue weighted by Gasteiger charge is -2.02. The van der Waals surface area contributed by atoms with Crippen molar-refractivity contribution >= 4 is 44.8 Å². The average molecular weight is 407 g/mol. The first-order valence-corrected chi connectivity index (χ1v) is 9.34. The lowest BCUT2D eigenvalue weighted by Crippen LogP contribution is -1.99. The summed E-state index contributed by atoms with van der Waals surface area (Å²) in [6, 6.07) is 24.9. The molecule has 0 saturated heterocycles. The molecule has 0 aromatic heterocycles. The van der Waals surface area contributed by atoms with Gasteiger partial charge in [-0.25, -0.2) is 0 Å². The summed E-state index contributed by atoms with van der Waals surface area (Å²) in [5.74, 6) is -0.462. The van der Waals surface area contributed by atoms with E-state index in [0.29, 0.717) is 21.2 Å². The highest BCUT2D eigenvalue weighted by Gasteiger charge is 2.09. The van der Waals surface area contributed by atoms with Crippen LogP contribution < -0.4 is 0 Å². The van der Waals surface area contributed by atoms with Gasteiger partial charge in [0.25, 0.3) is 0 Å². The second-order valence-corrected chi connectivity index (χ2v) is 6.84. The van der Waals surface area contributed by atoms with Gasteiger partial charge in [0.2, 0.25) is 0 Å². The molecular weight excluding hydrogens is 391 g/mol. The monoisotopic (exact) mass is 406 g/mol. The summed E-state index contributed by atoms with van der Waals surface area (Å²) in [4.78, 5) is 24.8. The zero-order valence-corrected chi connectivity index (χ0v) is 16.3. The second kappa shape index (κ2) is 9.32. The summed E-state index contributed by atoms with van der Waals surface area (Å²) in [5.41, 5.74) is 2.43. The van der Waals surface area contributed by atoms with Crippen molar-refractivity contribution in [2.45, 2.75) is 0 Å². The fourth-order valence-corrected chi connectivity index (χ4v) is 3.01. The lowest BCUT2D eigenvalue weighted by atomic mass is 10.0. The third kappa shape index (κ3) is 5.07. The summed E-state index contributed by atoms with van der Waals surface area (Å²) >= 11 is 12.4. The van der Waals surface area contributed by atoms with Crippen LogP contribution in [-0.4, -0.2) is 11.6 Å². The van der Waals surface area contributed by atoms with Gasteiger partial charge >= 0.3 is 0 Å². The zero-order chi connectivity index (χ0) is 19.9. The highest BCUT2D eigenvalue weighted by Crippen LogP contribution is 2.21. The molecule has 0 aliphatic heterocycles. The maximum absolute atomic E-state index is 12.4. The van der Waals surface area contributed by atoms with E-state index in [1.807, 2.05) is 60.7 Å². The Morgan fingerprint density at radius 2 is 0.821 bits per heavy atom. The molecule has 0 radical (unpaired) electrons. The van der Waals surface area contributed by atoms with E-state index >= 15 is 0 Å². The molecule has 0 aliphatic rings. The van der Waals surface area contributed by atoms with Crippen LogP contribution in [-0.2, 0) is 0 Å². The van der Waals surface area contributed by atoms with Gasteiger partial charge in [0.05, 0.1) is 10.1 Å². The number of halogens is 2. The van der Waals surface area contributed by atoms with Gasteiger partial charge in [0.1, 0.15) is 0 Å². The Bertz CT molecular complexity index is 948. The van der Waals surface area contributed by atoms with Crippen molar-refractivity contribution in [1.29, 1.82) is 0 Å². The predicted molar refractivity (Wildman–Crippen MR) is 116 cm³/mol. The SMILES string of the molecule is O=C(/C=C(\Cl)c1ccccc1)c1ccc(C(=O)/C=C(\Cl)c2ccccc2)cc1. The lowest BCUT2D eigenvalue weighted by molar-refractivity contribution is 0.103. The van der Waals surface area contributed by atoms with Gasteiger partial charge in [-0.15, -0.1) is 0 Å². The van der Waals surface area contributed by atoms with Gasteiger partial charge in [-0.2, -0.15) is 0 Å². The summed E-state index contributed by atoms with van der Waals surface area (Å²) < 4.78 is 0. The van der Waals surface area contributed by atoms with Crippen LogP contribution in [0.25, 0.3) is 10.1 Å². The first-order valence-electron chi connectivity index (χ1n) is 8.58. The maximum atomic E-state index is 12.4. The molecule has 0 aliphatic carbocycles. The number of rotatable bonds is 6. The van der Waals surface area contributed by atoms with Crippen molar-refractivity contribution < 1.29 is 9.59 Å². The van der Waals surface area contributed by atoms with Gasteiger partial charge in [0.15, 0.2) is 11.6 Å². The Hall–Kier alpha value is -2.94. The fraction of sp³-hybridized carbons (Fsp3) is 0. The Kier molecular flexibility index (Phi) is 6.59. The standard InChI is InChI=1S/C24H16Cl2O2/c25-21(17-7-3-1-4-8-17)15-23(27)19-11-13-20(14-12-19)24(28)16-22(26)18-9-5-2-6-10-18/h1-16H/b21-15-,22-16-. The topological polar surface area (TPSA) is 34.1 Å². The van der Waals surface area contributed by atoms with E-state index in [1.54, 1.807) is 24.3 Å². The molecule has 0 saturated carbocycles. The van der Waals surface area contributed by atoms with E-state index in [4.69, 9.17) is 23.2 Å². The molecule has 0 amide bonds. The molecule has 2 nitrogen and oxygen atoms in total. The molecule has 138 valence electrons. The van der Waals surface area contributed by atoms with Crippen LogP contribution in [0.4, 0.5) is 0 Å². The summed E-state index contributed by atoms with van der Waals surface area (Å²) in [7, 11) is 0. The smallest absolute Gasteiger partial charge is 0.187 e. The van der Waals surface area contributed by atoms with Gasteiger partial charge in [-0.05, 0) is 11.1 Å². The quantitative estimate of drug-likeness (QED) is 0.340. The zero-order valence-electron chi connectivity index (χ0n) is 14.8. The number of carbonyl (C=O) groups is 2. The summed E-state index contributed by atoms with van der Waals surface area (Å²) in [6.07, 6.45) is 2.75. The summed E-state index contributed by atoms with van der Waals surface area (Å²) in [5, 5.41) is 0.728. The molecule has 0 spiro atoms. The predicted octanol–water partition coefficient (Wildman–Crippen LogP) is 6.61. The fourth-order valence-electron chi connectivity index (χ4n) is 2.56. The largest absolute Gasteiger partial charge is 0.289 e. The number of hydrogen-bond acceptors (Lipinski definition) is 2. The minimum Gasteiger partial charge on any atom is -0.289 e. The molecule has 3 rings (SSSR count). The van der Waals surface area contributed by atoms with Crippen molar-refractivity contribution in [1.82, 2.24) is 0 Å². The van der Waals surface area contributed by atoms with Crippen molar-refractivity contribution in [3.63, 3.8) is 0 Å².